The predicted octanol–water partition coefficient (Wildman–Crippen LogP) is 0.762. The van der Waals surface area contributed by atoms with E-state index in [2.05, 4.69) is 20.9 Å². The Labute approximate surface area is 121 Å². The fourth-order valence-corrected chi connectivity index (χ4v) is 1.31. The van der Waals surface area contributed by atoms with E-state index in [0.29, 0.717) is 19.6 Å². The molecular weight excluding hydrogens is 260 g/mol. The van der Waals surface area contributed by atoms with Gasteiger partial charge in [0.2, 0.25) is 0 Å². The summed E-state index contributed by atoms with van der Waals surface area (Å²) in [6.45, 7) is 7.65. The summed E-state index contributed by atoms with van der Waals surface area (Å²) in [5.74, 6) is 0. The van der Waals surface area contributed by atoms with E-state index in [0.717, 1.165) is 13.0 Å². The van der Waals surface area contributed by atoms with Crippen molar-refractivity contribution in [1.29, 1.82) is 0 Å². The third-order valence-electron chi connectivity index (χ3n) is 2.15. The van der Waals surface area contributed by atoms with E-state index in [1.54, 1.807) is 20.8 Å². The standard InChI is InChI=1S/C13H28N4O3/c1-13(2,3)20-12(19)16-9-8-15-11(18)14-7-6-10-17(4)5/h6-10H2,1-5H3,(H,16,19)(H2,14,15,18). The van der Waals surface area contributed by atoms with Crippen molar-refractivity contribution in [1.82, 2.24) is 20.9 Å². The molecule has 0 saturated heterocycles. The molecule has 0 spiro atoms. The second kappa shape index (κ2) is 9.41. The van der Waals surface area contributed by atoms with Crippen LogP contribution in [-0.2, 0) is 4.74 Å². The van der Waals surface area contributed by atoms with Crippen LogP contribution in [0.2, 0.25) is 0 Å². The monoisotopic (exact) mass is 288 g/mol. The van der Waals surface area contributed by atoms with Crippen molar-refractivity contribution in [2.24, 2.45) is 0 Å². The Morgan fingerprint density at radius 3 is 2.10 bits per heavy atom. The number of amides is 3. The number of nitrogens with zero attached hydrogens (tertiary/aromatic N) is 1. The molecule has 0 aromatic rings. The summed E-state index contributed by atoms with van der Waals surface area (Å²) in [5.41, 5.74) is -0.513. The zero-order valence-corrected chi connectivity index (χ0v) is 13.2. The molecule has 3 N–H and O–H groups in total. The van der Waals surface area contributed by atoms with Crippen LogP contribution in [0.3, 0.4) is 0 Å². The normalized spacial score (nSPS) is 11.1. The maximum Gasteiger partial charge on any atom is 0.407 e. The first-order valence-corrected chi connectivity index (χ1v) is 6.84. The van der Waals surface area contributed by atoms with Crippen LogP contribution in [0.15, 0.2) is 0 Å². The lowest BCUT2D eigenvalue weighted by Crippen LogP contribution is -2.42. The van der Waals surface area contributed by atoms with Gasteiger partial charge in [0.1, 0.15) is 5.60 Å². The molecule has 7 heteroatoms. The van der Waals surface area contributed by atoms with Gasteiger partial charge in [-0.2, -0.15) is 0 Å². The fraction of sp³-hybridized carbons (Fsp3) is 0.846. The van der Waals surface area contributed by atoms with E-state index in [1.807, 2.05) is 14.1 Å². The number of rotatable bonds is 7. The average Bonchev–Trinajstić information content (AvgIpc) is 2.28. The minimum Gasteiger partial charge on any atom is -0.444 e. The quantitative estimate of drug-likeness (QED) is 0.604. The molecule has 7 nitrogen and oxygen atoms in total. The van der Waals surface area contributed by atoms with Gasteiger partial charge in [0.15, 0.2) is 0 Å². The molecule has 20 heavy (non-hydrogen) atoms. The van der Waals surface area contributed by atoms with E-state index < -0.39 is 11.7 Å². The number of carbonyl (C=O) groups excluding carboxylic acids is 2. The number of urea groups is 1. The maximum absolute atomic E-state index is 11.4. The third kappa shape index (κ3) is 12.9. The van der Waals surface area contributed by atoms with E-state index in [-0.39, 0.29) is 6.03 Å². The van der Waals surface area contributed by atoms with Crippen LogP contribution in [0.1, 0.15) is 27.2 Å². The van der Waals surface area contributed by atoms with Crippen LogP contribution in [0.5, 0.6) is 0 Å². The summed E-state index contributed by atoms with van der Waals surface area (Å²) in [6.07, 6.45) is 0.419. The molecule has 0 aliphatic rings. The first kappa shape index (κ1) is 18.5. The Morgan fingerprint density at radius 1 is 1.00 bits per heavy atom. The molecular formula is C13H28N4O3. The highest BCUT2D eigenvalue weighted by Gasteiger charge is 2.15. The number of carbonyl (C=O) groups is 2. The van der Waals surface area contributed by atoms with Gasteiger partial charge in [0.25, 0.3) is 0 Å². The molecule has 0 heterocycles. The third-order valence-corrected chi connectivity index (χ3v) is 2.15. The summed E-state index contributed by atoms with van der Waals surface area (Å²) in [4.78, 5) is 24.8. The molecule has 3 amide bonds. The van der Waals surface area contributed by atoms with Crippen LogP contribution >= 0.6 is 0 Å². The molecule has 0 aromatic carbocycles. The lowest BCUT2D eigenvalue weighted by Gasteiger charge is -2.19. The van der Waals surface area contributed by atoms with Crippen molar-refractivity contribution >= 4 is 12.1 Å². The summed E-state index contributed by atoms with van der Waals surface area (Å²) in [6, 6.07) is -0.227. The van der Waals surface area contributed by atoms with Gasteiger partial charge in [0, 0.05) is 19.6 Å². The van der Waals surface area contributed by atoms with Gasteiger partial charge in [-0.3, -0.25) is 0 Å². The molecule has 118 valence electrons. The maximum atomic E-state index is 11.4. The first-order valence-electron chi connectivity index (χ1n) is 6.84. The summed E-state index contributed by atoms with van der Waals surface area (Å²) in [7, 11) is 3.98. The Balaban J connectivity index is 3.50. The van der Waals surface area contributed by atoms with Gasteiger partial charge in [-0.15, -0.1) is 0 Å². The van der Waals surface area contributed by atoms with Gasteiger partial charge in [-0.05, 0) is 47.8 Å². The zero-order chi connectivity index (χ0) is 15.6. The minimum atomic E-state index is -0.513. The van der Waals surface area contributed by atoms with Crippen molar-refractivity contribution < 1.29 is 14.3 Å². The zero-order valence-electron chi connectivity index (χ0n) is 13.2. The van der Waals surface area contributed by atoms with Gasteiger partial charge in [0.05, 0.1) is 0 Å². The number of ether oxygens (including phenoxy) is 1. The molecule has 0 aliphatic heterocycles. The van der Waals surface area contributed by atoms with E-state index in [9.17, 15) is 9.59 Å². The summed E-state index contributed by atoms with van der Waals surface area (Å²) >= 11 is 0. The highest BCUT2D eigenvalue weighted by atomic mass is 16.6. The Kier molecular flexibility index (Phi) is 8.71. The van der Waals surface area contributed by atoms with E-state index in [4.69, 9.17) is 4.74 Å². The van der Waals surface area contributed by atoms with Crippen molar-refractivity contribution in [3.05, 3.63) is 0 Å². The Bertz CT molecular complexity index is 300. The summed E-state index contributed by atoms with van der Waals surface area (Å²) < 4.78 is 5.06. The number of hydrogen-bond donors (Lipinski definition) is 3. The van der Waals surface area contributed by atoms with Crippen LogP contribution in [0.25, 0.3) is 0 Å². The first-order chi connectivity index (χ1) is 9.20. The predicted molar refractivity (Wildman–Crippen MR) is 78.8 cm³/mol. The van der Waals surface area contributed by atoms with Gasteiger partial charge in [-0.25, -0.2) is 9.59 Å². The topological polar surface area (TPSA) is 82.7 Å². The van der Waals surface area contributed by atoms with Crippen molar-refractivity contribution in [2.45, 2.75) is 32.8 Å². The molecule has 0 atom stereocenters. The van der Waals surface area contributed by atoms with Crippen molar-refractivity contribution in [3.8, 4) is 0 Å². The molecule has 0 radical (unpaired) electrons. The molecule has 0 bridgehead atoms. The van der Waals surface area contributed by atoms with Gasteiger partial charge in [-0.1, -0.05) is 0 Å². The molecule has 0 unspecified atom stereocenters. The Hall–Kier alpha value is -1.50. The molecule has 0 aromatic heterocycles. The highest BCUT2D eigenvalue weighted by Crippen LogP contribution is 2.05. The highest BCUT2D eigenvalue weighted by molar-refractivity contribution is 5.73. The second-order valence-electron chi connectivity index (χ2n) is 5.77. The lowest BCUT2D eigenvalue weighted by atomic mass is 10.2. The number of hydrogen-bond acceptors (Lipinski definition) is 4. The largest absolute Gasteiger partial charge is 0.444 e. The number of alkyl carbamates (subject to hydrolysis) is 1. The second-order valence-corrected chi connectivity index (χ2v) is 5.77. The van der Waals surface area contributed by atoms with Crippen molar-refractivity contribution in [3.63, 3.8) is 0 Å². The minimum absolute atomic E-state index is 0.227. The molecule has 0 aliphatic carbocycles. The van der Waals surface area contributed by atoms with Crippen LogP contribution < -0.4 is 16.0 Å². The number of nitrogens with one attached hydrogen (secondary N) is 3. The molecule has 0 saturated carbocycles. The SMILES string of the molecule is CN(C)CCCNC(=O)NCCNC(=O)OC(C)(C)C. The fourth-order valence-electron chi connectivity index (χ4n) is 1.31. The van der Waals surface area contributed by atoms with Gasteiger partial charge >= 0.3 is 12.1 Å². The van der Waals surface area contributed by atoms with E-state index in [1.165, 1.54) is 0 Å². The summed E-state index contributed by atoms with van der Waals surface area (Å²) in [5, 5.41) is 7.97. The lowest BCUT2D eigenvalue weighted by molar-refractivity contribution is 0.0528. The molecule has 0 fully saturated rings. The van der Waals surface area contributed by atoms with Crippen LogP contribution in [-0.4, -0.2) is 62.9 Å². The Morgan fingerprint density at radius 2 is 1.55 bits per heavy atom. The van der Waals surface area contributed by atoms with Crippen molar-refractivity contribution in [2.75, 3.05) is 40.3 Å². The van der Waals surface area contributed by atoms with Crippen LogP contribution in [0.4, 0.5) is 9.59 Å². The van der Waals surface area contributed by atoms with Gasteiger partial charge < -0.3 is 25.6 Å². The smallest absolute Gasteiger partial charge is 0.407 e. The molecule has 0 rings (SSSR count). The average molecular weight is 288 g/mol. The van der Waals surface area contributed by atoms with E-state index >= 15 is 0 Å². The van der Waals surface area contributed by atoms with Crippen LogP contribution in [0, 0.1) is 0 Å².